The van der Waals surface area contributed by atoms with Crippen LogP contribution in [-0.4, -0.2) is 45.9 Å². The zero-order chi connectivity index (χ0) is 10.6. The summed E-state index contributed by atoms with van der Waals surface area (Å²) < 4.78 is 0. The molecule has 13 heavy (non-hydrogen) atoms. The van der Waals surface area contributed by atoms with Gasteiger partial charge in [0.2, 0.25) is 0 Å². The van der Waals surface area contributed by atoms with E-state index in [2.05, 4.69) is 32.6 Å². The molecule has 0 heterocycles. The van der Waals surface area contributed by atoms with Crippen molar-refractivity contribution in [1.29, 1.82) is 0 Å². The van der Waals surface area contributed by atoms with Gasteiger partial charge in [0.25, 0.3) is 0 Å². The normalized spacial score (nSPS) is 17.1. The maximum Gasteiger partial charge on any atom is 0.0923 e. The maximum absolute atomic E-state index is 9.50. The standard InChI is InChI=1S/C10H23NO2/c1-7(2)11(8(3)4)9(5)10(13)6-12/h7-10,12-13H,6H2,1-5H3/t9-,10-/m1/s1. The van der Waals surface area contributed by atoms with Crippen molar-refractivity contribution in [3.63, 3.8) is 0 Å². The minimum Gasteiger partial charge on any atom is -0.394 e. The molecule has 0 saturated heterocycles. The van der Waals surface area contributed by atoms with Crippen molar-refractivity contribution in [3.05, 3.63) is 0 Å². The van der Waals surface area contributed by atoms with E-state index in [0.29, 0.717) is 12.1 Å². The Bertz CT molecular complexity index is 129. The van der Waals surface area contributed by atoms with Crippen LogP contribution in [0, 0.1) is 0 Å². The molecule has 0 aromatic heterocycles. The second kappa shape index (κ2) is 5.58. The third-order valence-corrected chi connectivity index (χ3v) is 2.41. The lowest BCUT2D eigenvalue weighted by molar-refractivity contribution is -0.00699. The molecule has 2 atom stereocenters. The zero-order valence-electron chi connectivity index (χ0n) is 9.36. The predicted octanol–water partition coefficient (Wildman–Crippen LogP) is 0.847. The summed E-state index contributed by atoms with van der Waals surface area (Å²) in [5.41, 5.74) is 0. The Morgan fingerprint density at radius 1 is 1.00 bits per heavy atom. The van der Waals surface area contributed by atoms with E-state index in [4.69, 9.17) is 5.11 Å². The number of hydrogen-bond acceptors (Lipinski definition) is 3. The van der Waals surface area contributed by atoms with Gasteiger partial charge < -0.3 is 10.2 Å². The fraction of sp³-hybridized carbons (Fsp3) is 1.00. The molecule has 0 fully saturated rings. The summed E-state index contributed by atoms with van der Waals surface area (Å²) in [6.07, 6.45) is -0.648. The van der Waals surface area contributed by atoms with E-state index in [0.717, 1.165) is 0 Å². The van der Waals surface area contributed by atoms with Crippen molar-refractivity contribution >= 4 is 0 Å². The molecule has 3 heteroatoms. The fourth-order valence-corrected chi connectivity index (χ4v) is 1.89. The van der Waals surface area contributed by atoms with Gasteiger partial charge in [-0.3, -0.25) is 4.90 Å². The summed E-state index contributed by atoms with van der Waals surface area (Å²) in [5.74, 6) is 0. The predicted molar refractivity (Wildman–Crippen MR) is 54.7 cm³/mol. The van der Waals surface area contributed by atoms with Crippen LogP contribution < -0.4 is 0 Å². The minimum atomic E-state index is -0.648. The summed E-state index contributed by atoms with van der Waals surface area (Å²) >= 11 is 0. The molecule has 0 aromatic rings. The van der Waals surface area contributed by atoms with Gasteiger partial charge in [-0.25, -0.2) is 0 Å². The van der Waals surface area contributed by atoms with Crippen LogP contribution in [0.3, 0.4) is 0 Å². The molecule has 3 nitrogen and oxygen atoms in total. The molecule has 2 N–H and O–H groups in total. The van der Waals surface area contributed by atoms with E-state index in [9.17, 15) is 5.11 Å². The van der Waals surface area contributed by atoms with Gasteiger partial charge in [0.05, 0.1) is 12.7 Å². The SMILES string of the molecule is CC(C)N(C(C)C)[C@H](C)[C@H](O)CO. The van der Waals surface area contributed by atoms with Crippen LogP contribution in [0.15, 0.2) is 0 Å². The second-order valence-electron chi connectivity index (χ2n) is 4.13. The molecule has 0 bridgehead atoms. The number of aliphatic hydroxyl groups is 2. The second-order valence-corrected chi connectivity index (χ2v) is 4.13. The maximum atomic E-state index is 9.50. The highest BCUT2D eigenvalue weighted by Gasteiger charge is 2.25. The third kappa shape index (κ3) is 3.63. The molecule has 0 aliphatic heterocycles. The highest BCUT2D eigenvalue weighted by molar-refractivity contribution is 4.79. The lowest BCUT2D eigenvalue weighted by Crippen LogP contribution is -2.50. The Morgan fingerprint density at radius 3 is 1.62 bits per heavy atom. The fourth-order valence-electron chi connectivity index (χ4n) is 1.89. The van der Waals surface area contributed by atoms with Crippen molar-refractivity contribution in [2.45, 2.75) is 58.8 Å². The van der Waals surface area contributed by atoms with Gasteiger partial charge in [0, 0.05) is 18.1 Å². The van der Waals surface area contributed by atoms with Crippen LogP contribution in [0.1, 0.15) is 34.6 Å². The highest BCUT2D eigenvalue weighted by atomic mass is 16.3. The van der Waals surface area contributed by atoms with E-state index in [1.165, 1.54) is 0 Å². The van der Waals surface area contributed by atoms with Crippen molar-refractivity contribution in [3.8, 4) is 0 Å². The van der Waals surface area contributed by atoms with Gasteiger partial charge in [-0.2, -0.15) is 0 Å². The largest absolute Gasteiger partial charge is 0.394 e. The molecule has 0 aromatic carbocycles. The molecule has 0 radical (unpaired) electrons. The average molecular weight is 189 g/mol. The molecule has 0 amide bonds. The Labute approximate surface area is 81.4 Å². The Morgan fingerprint density at radius 2 is 1.38 bits per heavy atom. The quantitative estimate of drug-likeness (QED) is 0.674. The number of rotatable bonds is 5. The Balaban J connectivity index is 4.36. The topological polar surface area (TPSA) is 43.7 Å². The van der Waals surface area contributed by atoms with Crippen molar-refractivity contribution in [2.75, 3.05) is 6.61 Å². The molecule has 0 aliphatic rings. The van der Waals surface area contributed by atoms with Gasteiger partial charge in [-0.15, -0.1) is 0 Å². The molecule has 0 aliphatic carbocycles. The van der Waals surface area contributed by atoms with Crippen LogP contribution in [0.5, 0.6) is 0 Å². The first-order chi connectivity index (χ1) is 5.91. The molecule has 80 valence electrons. The lowest BCUT2D eigenvalue weighted by atomic mass is 10.1. The number of hydrogen-bond donors (Lipinski definition) is 2. The van der Waals surface area contributed by atoms with Crippen LogP contribution in [-0.2, 0) is 0 Å². The van der Waals surface area contributed by atoms with E-state index < -0.39 is 6.10 Å². The summed E-state index contributed by atoms with van der Waals surface area (Å²) in [5, 5.41) is 18.3. The molecular formula is C10H23NO2. The monoisotopic (exact) mass is 189 g/mol. The number of aliphatic hydroxyl groups excluding tert-OH is 2. The van der Waals surface area contributed by atoms with Gasteiger partial charge >= 0.3 is 0 Å². The van der Waals surface area contributed by atoms with Crippen molar-refractivity contribution in [2.24, 2.45) is 0 Å². The van der Waals surface area contributed by atoms with Gasteiger partial charge in [0.15, 0.2) is 0 Å². The van der Waals surface area contributed by atoms with Gasteiger partial charge in [-0.1, -0.05) is 0 Å². The van der Waals surface area contributed by atoms with Crippen LogP contribution in [0.2, 0.25) is 0 Å². The zero-order valence-corrected chi connectivity index (χ0v) is 9.36. The Hall–Kier alpha value is -0.120. The summed E-state index contributed by atoms with van der Waals surface area (Å²) in [6.45, 7) is 10.2. The molecule has 0 spiro atoms. The van der Waals surface area contributed by atoms with Crippen LogP contribution in [0.4, 0.5) is 0 Å². The first-order valence-electron chi connectivity index (χ1n) is 4.98. The van der Waals surface area contributed by atoms with E-state index in [1.807, 2.05) is 6.92 Å². The van der Waals surface area contributed by atoms with Gasteiger partial charge in [-0.05, 0) is 34.6 Å². The Kier molecular flexibility index (Phi) is 5.53. The summed E-state index contributed by atoms with van der Waals surface area (Å²) in [6, 6.07) is 0.775. The minimum absolute atomic E-state index is 0.00463. The van der Waals surface area contributed by atoms with E-state index in [1.54, 1.807) is 0 Å². The molecule has 0 rings (SSSR count). The average Bonchev–Trinajstić information content (AvgIpc) is 2.01. The molecule has 0 saturated carbocycles. The first-order valence-corrected chi connectivity index (χ1v) is 4.98. The number of nitrogens with zero attached hydrogens (tertiary/aromatic N) is 1. The van der Waals surface area contributed by atoms with Crippen molar-refractivity contribution in [1.82, 2.24) is 4.90 Å². The van der Waals surface area contributed by atoms with Crippen molar-refractivity contribution < 1.29 is 10.2 Å². The lowest BCUT2D eigenvalue weighted by Gasteiger charge is -2.38. The first kappa shape index (κ1) is 12.9. The highest BCUT2D eigenvalue weighted by Crippen LogP contribution is 2.13. The van der Waals surface area contributed by atoms with E-state index in [-0.39, 0.29) is 12.6 Å². The summed E-state index contributed by atoms with van der Waals surface area (Å²) in [7, 11) is 0. The van der Waals surface area contributed by atoms with E-state index >= 15 is 0 Å². The van der Waals surface area contributed by atoms with Crippen LogP contribution in [0.25, 0.3) is 0 Å². The van der Waals surface area contributed by atoms with Crippen LogP contribution >= 0.6 is 0 Å². The smallest absolute Gasteiger partial charge is 0.0923 e. The molecule has 0 unspecified atom stereocenters. The summed E-state index contributed by atoms with van der Waals surface area (Å²) in [4.78, 5) is 2.20. The third-order valence-electron chi connectivity index (χ3n) is 2.41. The molecular weight excluding hydrogens is 166 g/mol. The van der Waals surface area contributed by atoms with Gasteiger partial charge in [0.1, 0.15) is 0 Å².